The van der Waals surface area contributed by atoms with Crippen LogP contribution in [0.15, 0.2) is 16.6 Å². The van der Waals surface area contributed by atoms with Crippen LogP contribution in [-0.2, 0) is 16.0 Å². The van der Waals surface area contributed by atoms with Gasteiger partial charge in [0, 0.05) is 5.41 Å². The molecule has 2 saturated carbocycles. The maximum absolute atomic E-state index is 10.8. The Balaban J connectivity index is 1.68. The molecule has 3 nitrogen and oxygen atoms in total. The predicted molar refractivity (Wildman–Crippen MR) is 91.4 cm³/mol. The van der Waals surface area contributed by atoms with Crippen molar-refractivity contribution >= 4 is 22.4 Å². The van der Waals surface area contributed by atoms with Crippen molar-refractivity contribution < 1.29 is 14.6 Å². The molecule has 0 bridgehead atoms. The third-order valence-electron chi connectivity index (χ3n) is 6.96. The van der Waals surface area contributed by atoms with E-state index in [-0.39, 0.29) is 11.5 Å². The second-order valence-electron chi connectivity index (χ2n) is 7.72. The van der Waals surface area contributed by atoms with Gasteiger partial charge in [-0.3, -0.25) is 4.79 Å². The van der Waals surface area contributed by atoms with Crippen LogP contribution in [-0.4, -0.2) is 17.7 Å². The molecule has 1 aromatic rings. The van der Waals surface area contributed by atoms with Crippen LogP contribution < -0.4 is 0 Å². The van der Waals surface area contributed by atoms with Crippen LogP contribution in [0, 0.1) is 17.3 Å². The number of rotatable bonds is 2. The summed E-state index contributed by atoms with van der Waals surface area (Å²) >= 11 is 3.57. The van der Waals surface area contributed by atoms with E-state index in [4.69, 9.17) is 4.74 Å². The van der Waals surface area contributed by atoms with Crippen LogP contribution in [0.2, 0.25) is 0 Å². The second kappa shape index (κ2) is 5.51. The minimum absolute atomic E-state index is 0.0962. The van der Waals surface area contributed by atoms with Crippen LogP contribution >= 0.6 is 15.9 Å². The summed E-state index contributed by atoms with van der Waals surface area (Å²) in [5.41, 5.74) is 2.87. The molecular weight excluding hydrogens is 356 g/mol. The number of phenolic OH excluding ortho intramolecular Hbond substituents is 1. The third kappa shape index (κ3) is 2.17. The highest BCUT2D eigenvalue weighted by Gasteiger charge is 2.55. The first-order valence-electron chi connectivity index (χ1n) is 8.65. The molecule has 0 unspecified atom stereocenters. The number of hydrogen-bond donors (Lipinski definition) is 1. The number of ether oxygens (including phenoxy) is 1. The number of hydrogen-bond acceptors (Lipinski definition) is 3. The van der Waals surface area contributed by atoms with Crippen molar-refractivity contribution in [1.82, 2.24) is 0 Å². The normalized spacial score (nSPS) is 38.3. The Kier molecular flexibility index (Phi) is 3.71. The molecule has 124 valence electrons. The van der Waals surface area contributed by atoms with Gasteiger partial charge in [0.15, 0.2) is 0 Å². The molecule has 3 aliphatic rings. The van der Waals surface area contributed by atoms with E-state index in [0.717, 1.165) is 30.2 Å². The Morgan fingerprint density at radius 3 is 2.91 bits per heavy atom. The van der Waals surface area contributed by atoms with E-state index in [2.05, 4.69) is 28.9 Å². The Morgan fingerprint density at radius 1 is 1.30 bits per heavy atom. The lowest BCUT2D eigenvalue weighted by molar-refractivity contribution is -0.141. The zero-order valence-corrected chi connectivity index (χ0v) is 15.0. The number of aromatic hydroxyl groups is 1. The van der Waals surface area contributed by atoms with E-state index in [1.165, 1.54) is 24.0 Å². The van der Waals surface area contributed by atoms with Gasteiger partial charge >= 0.3 is 0 Å². The summed E-state index contributed by atoms with van der Waals surface area (Å²) in [5, 5.41) is 9.96. The van der Waals surface area contributed by atoms with Crippen LogP contribution in [0.4, 0.5) is 0 Å². The molecule has 1 N–H and O–H groups in total. The van der Waals surface area contributed by atoms with E-state index in [9.17, 15) is 9.90 Å². The Morgan fingerprint density at radius 2 is 2.13 bits per heavy atom. The molecule has 2 fully saturated rings. The molecule has 0 amide bonds. The fraction of sp³-hybridized carbons (Fsp3) is 0.632. The lowest BCUT2D eigenvalue weighted by Gasteiger charge is -2.50. The first-order chi connectivity index (χ1) is 11.1. The molecule has 0 aliphatic heterocycles. The van der Waals surface area contributed by atoms with Crippen molar-refractivity contribution in [2.75, 3.05) is 0 Å². The Bertz CT molecular complexity index is 644. The average Bonchev–Trinajstić information content (AvgIpc) is 2.88. The van der Waals surface area contributed by atoms with Gasteiger partial charge in [-0.05, 0) is 89.4 Å². The lowest BCUT2D eigenvalue weighted by Crippen LogP contribution is -2.44. The highest BCUT2D eigenvalue weighted by Crippen LogP contribution is 2.62. The highest BCUT2D eigenvalue weighted by molar-refractivity contribution is 9.10. The van der Waals surface area contributed by atoms with Gasteiger partial charge in [0.25, 0.3) is 6.47 Å². The van der Waals surface area contributed by atoms with Crippen LogP contribution in [0.3, 0.4) is 0 Å². The van der Waals surface area contributed by atoms with Crippen molar-refractivity contribution in [1.29, 1.82) is 0 Å². The molecule has 1 aromatic carbocycles. The van der Waals surface area contributed by atoms with Gasteiger partial charge < -0.3 is 9.84 Å². The number of carbonyl (C=O) groups excluding carboxylic acids is 1. The number of benzene rings is 1. The van der Waals surface area contributed by atoms with Crippen LogP contribution in [0.5, 0.6) is 5.75 Å². The van der Waals surface area contributed by atoms with Gasteiger partial charge in [0.05, 0.1) is 4.47 Å². The molecule has 23 heavy (non-hydrogen) atoms. The van der Waals surface area contributed by atoms with Crippen LogP contribution in [0.1, 0.15) is 56.1 Å². The highest BCUT2D eigenvalue weighted by atomic mass is 79.9. The largest absolute Gasteiger partial charge is 0.507 e. The van der Waals surface area contributed by atoms with Crippen molar-refractivity contribution in [3.8, 4) is 5.75 Å². The van der Waals surface area contributed by atoms with E-state index >= 15 is 0 Å². The molecule has 3 aliphatic carbocycles. The lowest BCUT2D eigenvalue weighted by atomic mass is 9.55. The zero-order chi connectivity index (χ0) is 16.2. The molecule has 4 rings (SSSR count). The predicted octanol–water partition coefficient (Wildman–Crippen LogP) is 4.55. The molecule has 5 atom stereocenters. The van der Waals surface area contributed by atoms with Gasteiger partial charge in [-0.25, -0.2) is 0 Å². The Hall–Kier alpha value is -1.03. The topological polar surface area (TPSA) is 46.5 Å². The summed E-state index contributed by atoms with van der Waals surface area (Å²) in [5.74, 6) is 2.26. The standard InChI is InChI=1S/C19H23BrO3/c1-19-9-8-12-11-4-6-16(22)18(20)14(11)3-2-13(12)15(19)5-7-17(19)23-10-21/h4,6,10,12-13,15,17,22H,2-3,5,7-9H2,1H3/t12-,13-,15+,17+,19+/m1/s1. The van der Waals surface area contributed by atoms with Crippen molar-refractivity contribution in [2.45, 2.75) is 57.5 Å². The van der Waals surface area contributed by atoms with Gasteiger partial charge in [-0.2, -0.15) is 0 Å². The van der Waals surface area contributed by atoms with E-state index in [1.54, 1.807) is 0 Å². The van der Waals surface area contributed by atoms with E-state index in [1.807, 2.05) is 6.07 Å². The molecule has 4 heteroatoms. The average molecular weight is 379 g/mol. The number of carbonyl (C=O) groups is 1. The van der Waals surface area contributed by atoms with E-state index < -0.39 is 0 Å². The second-order valence-corrected chi connectivity index (χ2v) is 8.52. The minimum Gasteiger partial charge on any atom is -0.507 e. The monoisotopic (exact) mass is 378 g/mol. The third-order valence-corrected chi connectivity index (χ3v) is 7.84. The zero-order valence-electron chi connectivity index (χ0n) is 13.4. The number of fused-ring (bicyclic) bond motifs is 5. The Labute approximate surface area is 145 Å². The van der Waals surface area contributed by atoms with Gasteiger partial charge in [-0.15, -0.1) is 0 Å². The molecular formula is C19H23BrO3. The smallest absolute Gasteiger partial charge is 0.293 e. The molecule has 0 spiro atoms. The number of phenols is 1. The van der Waals surface area contributed by atoms with Crippen molar-refractivity contribution in [2.24, 2.45) is 17.3 Å². The molecule has 0 heterocycles. The summed E-state index contributed by atoms with van der Waals surface area (Å²) in [6.45, 7) is 2.97. The first-order valence-corrected chi connectivity index (χ1v) is 9.45. The molecule has 0 saturated heterocycles. The summed E-state index contributed by atoms with van der Waals surface area (Å²) in [6, 6.07) is 3.95. The van der Waals surface area contributed by atoms with E-state index in [0.29, 0.717) is 30.0 Å². The van der Waals surface area contributed by atoms with Gasteiger partial charge in [0.2, 0.25) is 0 Å². The first kappa shape index (κ1) is 15.5. The molecule has 0 aromatic heterocycles. The van der Waals surface area contributed by atoms with Gasteiger partial charge in [0.1, 0.15) is 11.9 Å². The van der Waals surface area contributed by atoms with Crippen molar-refractivity contribution in [3.05, 3.63) is 27.7 Å². The maximum atomic E-state index is 10.8. The fourth-order valence-corrected chi connectivity index (χ4v) is 6.41. The summed E-state index contributed by atoms with van der Waals surface area (Å²) in [6.07, 6.45) is 6.75. The summed E-state index contributed by atoms with van der Waals surface area (Å²) < 4.78 is 6.32. The number of halogens is 1. The van der Waals surface area contributed by atoms with Crippen molar-refractivity contribution in [3.63, 3.8) is 0 Å². The van der Waals surface area contributed by atoms with Gasteiger partial charge in [-0.1, -0.05) is 13.0 Å². The SMILES string of the molecule is C[C@]12CC[C@@H]3c4ccc(O)c(Br)c4CC[C@H]3[C@@H]1CC[C@@H]2OC=O. The molecule has 0 radical (unpaired) electrons. The fourth-order valence-electron chi connectivity index (χ4n) is 5.85. The summed E-state index contributed by atoms with van der Waals surface area (Å²) in [7, 11) is 0. The quantitative estimate of drug-likeness (QED) is 0.767. The summed E-state index contributed by atoms with van der Waals surface area (Å²) in [4.78, 5) is 10.8. The van der Waals surface area contributed by atoms with Crippen LogP contribution in [0.25, 0.3) is 0 Å². The maximum Gasteiger partial charge on any atom is 0.293 e. The minimum atomic E-state index is 0.0962.